The summed E-state index contributed by atoms with van der Waals surface area (Å²) in [6.07, 6.45) is 0. The zero-order chi connectivity index (χ0) is 15.1. The molecule has 0 bridgehead atoms. The number of carbonyl (C=O) groups is 3. The first-order chi connectivity index (χ1) is 9.49. The molecule has 0 saturated carbocycles. The predicted molar refractivity (Wildman–Crippen MR) is 73.6 cm³/mol. The number of esters is 1. The van der Waals surface area contributed by atoms with Gasteiger partial charge in [-0.25, -0.2) is 9.59 Å². The predicted octanol–water partition coefficient (Wildman–Crippen LogP) is 0.649. The van der Waals surface area contributed by atoms with Gasteiger partial charge in [0, 0.05) is 12.7 Å². The van der Waals surface area contributed by atoms with Crippen molar-refractivity contribution < 1.29 is 19.1 Å². The van der Waals surface area contributed by atoms with E-state index in [2.05, 4.69) is 16.0 Å². The molecular formula is C13H17N3O4. The van der Waals surface area contributed by atoms with E-state index in [1.54, 1.807) is 25.1 Å². The van der Waals surface area contributed by atoms with Gasteiger partial charge in [-0.05, 0) is 18.6 Å². The number of aryl methyl sites for hydroxylation is 1. The van der Waals surface area contributed by atoms with Gasteiger partial charge in [-0.3, -0.25) is 10.1 Å². The molecule has 0 saturated heterocycles. The number of carbonyl (C=O) groups excluding carboxylic acids is 3. The molecule has 3 amide bonds. The number of hydrogen-bond donors (Lipinski definition) is 3. The summed E-state index contributed by atoms with van der Waals surface area (Å²) in [4.78, 5) is 34.1. The molecule has 1 aromatic rings. The number of amides is 3. The van der Waals surface area contributed by atoms with Gasteiger partial charge in [-0.2, -0.15) is 0 Å². The molecule has 0 unspecified atom stereocenters. The Morgan fingerprint density at radius 2 is 1.95 bits per heavy atom. The normalized spacial score (nSPS) is 9.55. The first-order valence-corrected chi connectivity index (χ1v) is 5.93. The van der Waals surface area contributed by atoms with Crippen LogP contribution in [0.2, 0.25) is 0 Å². The van der Waals surface area contributed by atoms with Crippen LogP contribution in [0.4, 0.5) is 10.5 Å². The van der Waals surface area contributed by atoms with Gasteiger partial charge in [-0.15, -0.1) is 0 Å². The van der Waals surface area contributed by atoms with Gasteiger partial charge in [0.15, 0.2) is 0 Å². The molecule has 0 aliphatic carbocycles. The molecule has 20 heavy (non-hydrogen) atoms. The van der Waals surface area contributed by atoms with Crippen LogP contribution < -0.4 is 16.0 Å². The van der Waals surface area contributed by atoms with E-state index >= 15 is 0 Å². The van der Waals surface area contributed by atoms with E-state index in [1.807, 2.05) is 0 Å². The Labute approximate surface area is 116 Å². The number of nitrogens with one attached hydrogen (secondary N) is 3. The zero-order valence-corrected chi connectivity index (χ0v) is 11.6. The largest absolute Gasteiger partial charge is 0.465 e. The summed E-state index contributed by atoms with van der Waals surface area (Å²) in [5.41, 5.74) is 1.57. The Morgan fingerprint density at radius 3 is 2.55 bits per heavy atom. The summed E-state index contributed by atoms with van der Waals surface area (Å²) >= 11 is 0. The molecule has 0 aliphatic heterocycles. The second kappa shape index (κ2) is 7.13. The van der Waals surface area contributed by atoms with Crippen molar-refractivity contribution >= 4 is 23.6 Å². The van der Waals surface area contributed by atoms with Crippen LogP contribution in [0.25, 0.3) is 0 Å². The highest BCUT2D eigenvalue weighted by Gasteiger charge is 2.15. The molecular weight excluding hydrogens is 262 g/mol. The van der Waals surface area contributed by atoms with Gasteiger partial charge in [0.05, 0.1) is 19.2 Å². The van der Waals surface area contributed by atoms with E-state index in [0.717, 1.165) is 5.56 Å². The minimum Gasteiger partial charge on any atom is -0.465 e. The molecule has 0 spiro atoms. The van der Waals surface area contributed by atoms with E-state index in [9.17, 15) is 14.4 Å². The lowest BCUT2D eigenvalue weighted by Gasteiger charge is -2.12. The minimum atomic E-state index is -0.589. The van der Waals surface area contributed by atoms with E-state index < -0.39 is 17.9 Å². The zero-order valence-electron chi connectivity index (χ0n) is 11.6. The molecule has 108 valence electrons. The standard InChI is InChI=1S/C13H17N3O4/c1-8-5-4-6-9(11(8)12(18)20-3)15-7-10(17)16-13(19)14-2/h4-6,15H,7H2,1-3H3,(H2,14,16,17,19). The average Bonchev–Trinajstić information content (AvgIpc) is 2.44. The monoisotopic (exact) mass is 279 g/mol. The van der Waals surface area contributed by atoms with Crippen molar-refractivity contribution in [2.45, 2.75) is 6.92 Å². The number of imide groups is 1. The van der Waals surface area contributed by atoms with Gasteiger partial charge >= 0.3 is 12.0 Å². The maximum Gasteiger partial charge on any atom is 0.340 e. The second-order valence-corrected chi connectivity index (χ2v) is 3.97. The van der Waals surface area contributed by atoms with Gasteiger partial charge in [0.2, 0.25) is 5.91 Å². The Bertz CT molecular complexity index is 528. The summed E-state index contributed by atoms with van der Waals surface area (Å²) in [6.45, 7) is 1.63. The van der Waals surface area contributed by atoms with E-state index in [0.29, 0.717) is 11.3 Å². The van der Waals surface area contributed by atoms with Crippen LogP contribution in [0, 0.1) is 6.92 Å². The highest BCUT2D eigenvalue weighted by molar-refractivity contribution is 5.99. The lowest BCUT2D eigenvalue weighted by molar-refractivity contribution is -0.118. The first-order valence-electron chi connectivity index (χ1n) is 5.93. The maximum absolute atomic E-state index is 11.7. The number of hydrogen-bond acceptors (Lipinski definition) is 5. The first kappa shape index (κ1) is 15.5. The molecule has 3 N–H and O–H groups in total. The molecule has 0 atom stereocenters. The summed E-state index contributed by atoms with van der Waals surface area (Å²) in [5, 5.41) is 7.18. The fraction of sp³-hybridized carbons (Fsp3) is 0.308. The van der Waals surface area contributed by atoms with Crippen molar-refractivity contribution in [3.63, 3.8) is 0 Å². The maximum atomic E-state index is 11.7. The molecule has 0 radical (unpaired) electrons. The average molecular weight is 279 g/mol. The highest BCUT2D eigenvalue weighted by Crippen LogP contribution is 2.20. The third-order valence-electron chi connectivity index (χ3n) is 2.58. The van der Waals surface area contributed by atoms with Crippen molar-refractivity contribution in [1.29, 1.82) is 0 Å². The lowest BCUT2D eigenvalue weighted by Crippen LogP contribution is -2.40. The van der Waals surface area contributed by atoms with Crippen molar-refractivity contribution in [1.82, 2.24) is 10.6 Å². The second-order valence-electron chi connectivity index (χ2n) is 3.97. The molecule has 1 aromatic carbocycles. The SMILES string of the molecule is CNC(=O)NC(=O)CNc1cccc(C)c1C(=O)OC. The van der Waals surface area contributed by atoms with Crippen molar-refractivity contribution in [3.8, 4) is 0 Å². The quantitative estimate of drug-likeness (QED) is 0.703. The smallest absolute Gasteiger partial charge is 0.340 e. The number of benzene rings is 1. The molecule has 7 nitrogen and oxygen atoms in total. The van der Waals surface area contributed by atoms with Gasteiger partial charge in [-0.1, -0.05) is 12.1 Å². The molecule has 0 heterocycles. The van der Waals surface area contributed by atoms with Crippen molar-refractivity contribution in [2.75, 3.05) is 26.0 Å². The number of methoxy groups -OCH3 is 1. The van der Waals surface area contributed by atoms with Crippen LogP contribution in [-0.2, 0) is 9.53 Å². The molecule has 1 rings (SSSR count). The van der Waals surface area contributed by atoms with Crippen LogP contribution >= 0.6 is 0 Å². The fourth-order valence-electron chi connectivity index (χ4n) is 1.60. The summed E-state index contributed by atoms with van der Waals surface area (Å²) in [7, 11) is 2.70. The summed E-state index contributed by atoms with van der Waals surface area (Å²) in [5.74, 6) is -1.00. The number of ether oxygens (including phenoxy) is 1. The molecule has 0 fully saturated rings. The molecule has 7 heteroatoms. The third kappa shape index (κ3) is 3.98. The summed E-state index contributed by atoms with van der Waals surface area (Å²) < 4.78 is 4.70. The van der Waals surface area contributed by atoms with Crippen molar-refractivity contribution in [3.05, 3.63) is 29.3 Å². The van der Waals surface area contributed by atoms with Crippen molar-refractivity contribution in [2.24, 2.45) is 0 Å². The topological polar surface area (TPSA) is 96.5 Å². The summed E-state index contributed by atoms with van der Waals surface area (Å²) in [6, 6.07) is 4.59. The Balaban J connectivity index is 2.78. The number of anilines is 1. The van der Waals surface area contributed by atoms with E-state index in [-0.39, 0.29) is 6.54 Å². The van der Waals surface area contributed by atoms with Crippen LogP contribution in [0.3, 0.4) is 0 Å². The fourth-order valence-corrected chi connectivity index (χ4v) is 1.60. The van der Waals surface area contributed by atoms with E-state index in [4.69, 9.17) is 4.74 Å². The Kier molecular flexibility index (Phi) is 5.52. The van der Waals surface area contributed by atoms with Crippen LogP contribution in [0.5, 0.6) is 0 Å². The van der Waals surface area contributed by atoms with Gasteiger partial charge < -0.3 is 15.4 Å². The number of rotatable bonds is 4. The van der Waals surface area contributed by atoms with E-state index in [1.165, 1.54) is 14.2 Å². The lowest BCUT2D eigenvalue weighted by atomic mass is 10.1. The molecule has 0 aromatic heterocycles. The van der Waals surface area contributed by atoms with Crippen LogP contribution in [0.15, 0.2) is 18.2 Å². The van der Waals surface area contributed by atoms with Crippen LogP contribution in [-0.4, -0.2) is 38.6 Å². The highest BCUT2D eigenvalue weighted by atomic mass is 16.5. The minimum absolute atomic E-state index is 0.138. The Hall–Kier alpha value is -2.57. The number of urea groups is 1. The van der Waals surface area contributed by atoms with Crippen LogP contribution in [0.1, 0.15) is 15.9 Å². The van der Waals surface area contributed by atoms with Gasteiger partial charge in [0.25, 0.3) is 0 Å². The molecule has 0 aliphatic rings. The third-order valence-corrected chi connectivity index (χ3v) is 2.58. The Morgan fingerprint density at radius 1 is 1.25 bits per heavy atom. The van der Waals surface area contributed by atoms with Gasteiger partial charge in [0.1, 0.15) is 0 Å².